The fourth-order valence-electron chi connectivity index (χ4n) is 2.94. The van der Waals surface area contributed by atoms with Crippen LogP contribution in [0.1, 0.15) is 32.8 Å². The van der Waals surface area contributed by atoms with E-state index in [2.05, 4.69) is 44.1 Å². The number of rotatable bonds is 6. The van der Waals surface area contributed by atoms with Crippen molar-refractivity contribution >= 4 is 17.6 Å². The Hall–Kier alpha value is -1.26. The van der Waals surface area contributed by atoms with Gasteiger partial charge in [-0.3, -0.25) is 4.99 Å². The van der Waals surface area contributed by atoms with Crippen LogP contribution in [0.4, 0.5) is 0 Å². The van der Waals surface area contributed by atoms with Gasteiger partial charge in [0.2, 0.25) is 0 Å². The minimum atomic E-state index is -0.0666. The molecule has 1 saturated heterocycles. The van der Waals surface area contributed by atoms with E-state index in [0.717, 1.165) is 43.7 Å². The summed E-state index contributed by atoms with van der Waals surface area (Å²) in [4.78, 5) is 7.10. The van der Waals surface area contributed by atoms with Crippen molar-refractivity contribution in [1.29, 1.82) is 0 Å². The maximum absolute atomic E-state index is 6.14. The van der Waals surface area contributed by atoms with Crippen LogP contribution in [0.5, 0.6) is 0 Å². The first-order chi connectivity index (χ1) is 11.4. The van der Waals surface area contributed by atoms with E-state index in [1.165, 1.54) is 5.56 Å². The van der Waals surface area contributed by atoms with Crippen LogP contribution in [0.2, 0.25) is 5.02 Å². The lowest BCUT2D eigenvalue weighted by Crippen LogP contribution is -2.42. The molecule has 1 aromatic carbocycles. The van der Waals surface area contributed by atoms with Crippen LogP contribution in [-0.4, -0.2) is 50.8 Å². The third kappa shape index (κ3) is 5.38. The second kappa shape index (κ2) is 8.72. The molecule has 1 heterocycles. The van der Waals surface area contributed by atoms with Crippen molar-refractivity contribution in [3.63, 3.8) is 0 Å². The predicted octanol–water partition coefficient (Wildman–Crippen LogP) is 3.55. The van der Waals surface area contributed by atoms with Crippen molar-refractivity contribution < 1.29 is 4.74 Å². The van der Waals surface area contributed by atoms with Gasteiger partial charge < -0.3 is 15.0 Å². The van der Waals surface area contributed by atoms with Crippen molar-refractivity contribution in [3.05, 3.63) is 34.9 Å². The van der Waals surface area contributed by atoms with E-state index in [1.54, 1.807) is 0 Å². The molecule has 1 unspecified atom stereocenters. The van der Waals surface area contributed by atoms with Crippen LogP contribution in [0.25, 0.3) is 0 Å². The summed E-state index contributed by atoms with van der Waals surface area (Å²) >= 11 is 6.14. The van der Waals surface area contributed by atoms with E-state index in [0.29, 0.717) is 12.5 Å². The van der Waals surface area contributed by atoms with E-state index in [4.69, 9.17) is 21.3 Å². The van der Waals surface area contributed by atoms with Gasteiger partial charge in [-0.25, -0.2) is 0 Å². The molecular formula is C19H30ClN3O. The first kappa shape index (κ1) is 19.1. The number of hydrogen-bond donors (Lipinski definition) is 1. The first-order valence-corrected chi connectivity index (χ1v) is 9.13. The molecule has 134 valence electrons. The van der Waals surface area contributed by atoms with Crippen LogP contribution in [0.3, 0.4) is 0 Å². The van der Waals surface area contributed by atoms with Gasteiger partial charge >= 0.3 is 0 Å². The standard InChI is InChI=1S/C19H30ClN3O/c1-5-21-18(23(4)12-15-9-10-24-13-15)22-14-19(2,3)16-7-6-8-17(20)11-16/h6-8,11,15H,5,9-10,12-14H2,1-4H3,(H,21,22). The molecule has 1 fully saturated rings. The average Bonchev–Trinajstić information content (AvgIpc) is 3.04. The highest BCUT2D eigenvalue weighted by atomic mass is 35.5. The molecule has 0 amide bonds. The fraction of sp³-hybridized carbons (Fsp3) is 0.632. The van der Waals surface area contributed by atoms with E-state index in [-0.39, 0.29) is 5.41 Å². The summed E-state index contributed by atoms with van der Waals surface area (Å²) < 4.78 is 5.48. The summed E-state index contributed by atoms with van der Waals surface area (Å²) in [6, 6.07) is 8.06. The maximum atomic E-state index is 6.14. The molecule has 0 spiro atoms. The van der Waals surface area contributed by atoms with Gasteiger partial charge in [-0.05, 0) is 31.0 Å². The molecular weight excluding hydrogens is 322 g/mol. The molecule has 1 aliphatic rings. The molecule has 0 aromatic heterocycles. The van der Waals surface area contributed by atoms with Gasteiger partial charge in [0.25, 0.3) is 0 Å². The molecule has 1 aliphatic heterocycles. The van der Waals surface area contributed by atoms with E-state index >= 15 is 0 Å². The van der Waals surface area contributed by atoms with E-state index < -0.39 is 0 Å². The number of nitrogens with zero attached hydrogens (tertiary/aromatic N) is 2. The van der Waals surface area contributed by atoms with Gasteiger partial charge in [-0.15, -0.1) is 0 Å². The third-order valence-electron chi connectivity index (χ3n) is 4.48. The normalized spacial score (nSPS) is 18.7. The Balaban J connectivity index is 2.05. The number of hydrogen-bond acceptors (Lipinski definition) is 2. The smallest absolute Gasteiger partial charge is 0.193 e. The number of nitrogens with one attached hydrogen (secondary N) is 1. The average molecular weight is 352 g/mol. The Morgan fingerprint density at radius 1 is 1.46 bits per heavy atom. The number of halogens is 1. The second-order valence-corrected chi connectivity index (χ2v) is 7.61. The van der Waals surface area contributed by atoms with Gasteiger partial charge in [0, 0.05) is 43.1 Å². The van der Waals surface area contributed by atoms with Crippen molar-refractivity contribution in [3.8, 4) is 0 Å². The van der Waals surface area contributed by atoms with E-state index in [1.807, 2.05) is 18.2 Å². The molecule has 1 N–H and O–H groups in total. The van der Waals surface area contributed by atoms with Crippen molar-refractivity contribution in [1.82, 2.24) is 10.2 Å². The predicted molar refractivity (Wildman–Crippen MR) is 102 cm³/mol. The molecule has 1 atom stereocenters. The van der Waals surface area contributed by atoms with Crippen LogP contribution in [0.15, 0.2) is 29.3 Å². The highest BCUT2D eigenvalue weighted by molar-refractivity contribution is 6.30. The molecule has 5 heteroatoms. The number of aliphatic imine (C=N–C) groups is 1. The number of ether oxygens (including phenoxy) is 1. The lowest BCUT2D eigenvalue weighted by Gasteiger charge is -2.27. The lowest BCUT2D eigenvalue weighted by molar-refractivity contribution is 0.181. The summed E-state index contributed by atoms with van der Waals surface area (Å²) in [7, 11) is 2.10. The van der Waals surface area contributed by atoms with Crippen LogP contribution in [-0.2, 0) is 10.2 Å². The Kier molecular flexibility index (Phi) is 6.93. The minimum Gasteiger partial charge on any atom is -0.381 e. The third-order valence-corrected chi connectivity index (χ3v) is 4.72. The lowest BCUT2D eigenvalue weighted by atomic mass is 9.85. The molecule has 1 aromatic rings. The molecule has 24 heavy (non-hydrogen) atoms. The van der Waals surface area contributed by atoms with Gasteiger partial charge in [0.15, 0.2) is 5.96 Å². The van der Waals surface area contributed by atoms with Gasteiger partial charge in [0.05, 0.1) is 13.2 Å². The number of benzene rings is 1. The highest BCUT2D eigenvalue weighted by Crippen LogP contribution is 2.26. The Bertz CT molecular complexity index is 553. The van der Waals surface area contributed by atoms with Crippen molar-refractivity contribution in [2.75, 3.05) is 39.9 Å². The second-order valence-electron chi connectivity index (χ2n) is 7.17. The van der Waals surface area contributed by atoms with Crippen LogP contribution in [0, 0.1) is 5.92 Å². The maximum Gasteiger partial charge on any atom is 0.193 e. The summed E-state index contributed by atoms with van der Waals surface area (Å²) in [6.45, 7) is 10.8. The van der Waals surface area contributed by atoms with Crippen LogP contribution >= 0.6 is 11.6 Å². The van der Waals surface area contributed by atoms with E-state index in [9.17, 15) is 0 Å². The zero-order chi connectivity index (χ0) is 17.6. The molecule has 0 bridgehead atoms. The molecule has 4 nitrogen and oxygen atoms in total. The highest BCUT2D eigenvalue weighted by Gasteiger charge is 2.22. The largest absolute Gasteiger partial charge is 0.381 e. The van der Waals surface area contributed by atoms with Gasteiger partial charge in [-0.1, -0.05) is 37.6 Å². The summed E-state index contributed by atoms with van der Waals surface area (Å²) in [5.41, 5.74) is 1.14. The Morgan fingerprint density at radius 3 is 2.88 bits per heavy atom. The zero-order valence-corrected chi connectivity index (χ0v) is 16.1. The molecule has 0 aliphatic carbocycles. The SMILES string of the molecule is CCNC(=NCC(C)(C)c1cccc(Cl)c1)N(C)CC1CCOC1. The molecule has 2 rings (SSSR count). The fourth-order valence-corrected chi connectivity index (χ4v) is 3.13. The topological polar surface area (TPSA) is 36.9 Å². The minimum absolute atomic E-state index is 0.0666. The zero-order valence-electron chi connectivity index (χ0n) is 15.3. The quantitative estimate of drug-likeness (QED) is 0.629. The first-order valence-electron chi connectivity index (χ1n) is 8.75. The summed E-state index contributed by atoms with van der Waals surface area (Å²) in [5.74, 6) is 1.55. The molecule has 0 radical (unpaired) electrons. The Labute approximate surface area is 151 Å². The van der Waals surface area contributed by atoms with Gasteiger partial charge in [-0.2, -0.15) is 0 Å². The monoisotopic (exact) mass is 351 g/mol. The molecule has 0 saturated carbocycles. The number of guanidine groups is 1. The van der Waals surface area contributed by atoms with Crippen molar-refractivity contribution in [2.45, 2.75) is 32.6 Å². The van der Waals surface area contributed by atoms with Gasteiger partial charge in [0.1, 0.15) is 0 Å². The van der Waals surface area contributed by atoms with Crippen LogP contribution < -0.4 is 5.32 Å². The summed E-state index contributed by atoms with van der Waals surface area (Å²) in [5, 5.41) is 4.17. The Morgan fingerprint density at radius 2 is 2.25 bits per heavy atom. The van der Waals surface area contributed by atoms with Crippen molar-refractivity contribution in [2.24, 2.45) is 10.9 Å². The summed E-state index contributed by atoms with van der Waals surface area (Å²) in [6.07, 6.45) is 1.14.